The molecule has 0 unspecified atom stereocenters. The minimum atomic E-state index is 0.230. The van der Waals surface area contributed by atoms with Crippen molar-refractivity contribution in [3.63, 3.8) is 0 Å². The molecule has 0 aliphatic rings. The van der Waals surface area contributed by atoms with E-state index in [-0.39, 0.29) is 21.7 Å². The molecule has 0 heterocycles. The number of rotatable bonds is 14. The maximum Gasteiger partial charge on any atom is -0.00804 e. The summed E-state index contributed by atoms with van der Waals surface area (Å²) < 4.78 is 0. The zero-order chi connectivity index (χ0) is 43.2. The fourth-order valence-electron chi connectivity index (χ4n) is 7.13. The molecule has 0 spiro atoms. The predicted octanol–water partition coefficient (Wildman–Crippen LogP) is 17.6. The zero-order valence-corrected chi connectivity index (χ0v) is 41.9. The zero-order valence-electron chi connectivity index (χ0n) is 41.9. The molecule has 314 valence electrons. The molecule has 0 aromatic heterocycles. The summed E-state index contributed by atoms with van der Waals surface area (Å²) in [5.41, 5.74) is 9.51. The van der Waals surface area contributed by atoms with Crippen LogP contribution >= 0.6 is 0 Å². The first kappa shape index (κ1) is 52.4. The first-order valence-electron chi connectivity index (χ1n) is 22.1. The average molecular weight is 747 g/mol. The Morgan fingerprint density at radius 2 is 0.556 bits per heavy atom. The quantitative estimate of drug-likeness (QED) is 0.181. The summed E-state index contributed by atoms with van der Waals surface area (Å²) in [5.74, 6) is 4.10. The molecule has 54 heavy (non-hydrogen) atoms. The summed E-state index contributed by atoms with van der Waals surface area (Å²) in [6.07, 6.45) is 2.63. The van der Waals surface area contributed by atoms with Gasteiger partial charge < -0.3 is 0 Å². The smallest absolute Gasteiger partial charge is 0.00804 e. The molecule has 0 radical (unpaired) electrons. The van der Waals surface area contributed by atoms with E-state index in [1.165, 1.54) is 40.7 Å². The Kier molecular flexibility index (Phi) is 18.7. The van der Waals surface area contributed by atoms with E-state index in [1.807, 2.05) is 0 Å². The van der Waals surface area contributed by atoms with Crippen molar-refractivity contribution >= 4 is 0 Å². The van der Waals surface area contributed by atoms with Gasteiger partial charge in [0.25, 0.3) is 0 Å². The fraction of sp³-hybridized carbons (Fsp3) is 0.778. The van der Waals surface area contributed by atoms with Crippen molar-refractivity contribution in [2.75, 3.05) is 0 Å². The lowest BCUT2D eigenvalue weighted by atomic mass is 9.62. The van der Waals surface area contributed by atoms with E-state index in [9.17, 15) is 0 Å². The lowest BCUT2D eigenvalue weighted by Crippen LogP contribution is -2.33. The molecule has 0 aliphatic carbocycles. The first-order chi connectivity index (χ1) is 23.9. The van der Waals surface area contributed by atoms with Gasteiger partial charge in [-0.2, -0.15) is 0 Å². The average Bonchev–Trinajstić information content (AvgIpc) is 2.99. The number of aryl methyl sites for hydroxylation is 1. The van der Waals surface area contributed by atoms with Gasteiger partial charge in [0.1, 0.15) is 0 Å². The Morgan fingerprint density at radius 1 is 0.333 bits per heavy atom. The van der Waals surface area contributed by atoms with Gasteiger partial charge >= 0.3 is 0 Å². The lowest BCUT2D eigenvalue weighted by Gasteiger charge is -2.43. The maximum atomic E-state index is 2.45. The Morgan fingerprint density at radius 3 is 0.759 bits per heavy atom. The highest BCUT2D eigenvalue weighted by Crippen LogP contribution is 2.47. The molecular weight excluding hydrogens is 649 g/mol. The van der Waals surface area contributed by atoms with Gasteiger partial charge in [0.15, 0.2) is 0 Å². The van der Waals surface area contributed by atoms with Crippen LogP contribution in [0.4, 0.5) is 0 Å². The van der Waals surface area contributed by atoms with E-state index >= 15 is 0 Å². The molecule has 0 saturated heterocycles. The largest absolute Gasteiger partial charge is 0.0623 e. The fourth-order valence-corrected chi connectivity index (χ4v) is 7.13. The van der Waals surface area contributed by atoms with Crippen molar-refractivity contribution in [2.45, 2.75) is 221 Å². The second kappa shape index (κ2) is 19.3. The molecule has 0 amide bonds. The normalized spacial score (nSPS) is 13.9. The van der Waals surface area contributed by atoms with Crippen LogP contribution in [0.3, 0.4) is 0 Å². The van der Waals surface area contributed by atoms with Crippen LogP contribution in [0.2, 0.25) is 0 Å². The highest BCUT2D eigenvalue weighted by atomic mass is 14.4. The van der Waals surface area contributed by atoms with Crippen molar-refractivity contribution in [3.05, 3.63) is 70.3 Å². The third-order valence-electron chi connectivity index (χ3n) is 15.7. The highest BCUT2D eigenvalue weighted by molar-refractivity contribution is 5.38. The van der Waals surface area contributed by atoms with E-state index in [4.69, 9.17) is 0 Å². The monoisotopic (exact) mass is 747 g/mol. The molecule has 0 bridgehead atoms. The van der Waals surface area contributed by atoms with E-state index in [0.29, 0.717) is 39.9 Å². The van der Waals surface area contributed by atoms with Gasteiger partial charge in [0.2, 0.25) is 0 Å². The summed E-state index contributed by atoms with van der Waals surface area (Å²) in [7, 11) is 0. The van der Waals surface area contributed by atoms with Crippen LogP contribution in [-0.2, 0) is 21.7 Å². The van der Waals surface area contributed by atoms with Crippen LogP contribution < -0.4 is 0 Å². The SMILES string of the molecule is CC(C)C(C)(C)CC(C)(C)CC(C)(C)C(C)C.CC(C)C(C)(C)c1ccc(C(C)(C)C(C)C)cc1.Cc1cc(C(C)(C)C(C)C)cc(C(C)(C)C(C)C)c1. The van der Waals surface area contributed by atoms with Crippen molar-refractivity contribution in [1.29, 1.82) is 0 Å². The number of benzene rings is 2. The maximum absolute atomic E-state index is 2.45. The van der Waals surface area contributed by atoms with Gasteiger partial charge in [0, 0.05) is 0 Å². The molecule has 0 N–H and O–H groups in total. The molecule has 0 heteroatoms. The third-order valence-corrected chi connectivity index (χ3v) is 15.7. The first-order valence-corrected chi connectivity index (χ1v) is 22.1. The van der Waals surface area contributed by atoms with Gasteiger partial charge in [-0.05, 0) is 115 Å². The molecule has 2 rings (SSSR count). The van der Waals surface area contributed by atoms with Crippen LogP contribution in [0.5, 0.6) is 0 Å². The molecule has 0 saturated carbocycles. The molecule has 0 aliphatic heterocycles. The van der Waals surface area contributed by atoms with Gasteiger partial charge in [-0.1, -0.05) is 228 Å². The van der Waals surface area contributed by atoms with Gasteiger partial charge in [-0.3, -0.25) is 0 Å². The Hall–Kier alpha value is -1.56. The van der Waals surface area contributed by atoms with Crippen molar-refractivity contribution in [1.82, 2.24) is 0 Å². The summed E-state index contributed by atoms with van der Waals surface area (Å²) in [6, 6.07) is 16.4. The lowest BCUT2D eigenvalue weighted by molar-refractivity contribution is 0.0748. The van der Waals surface area contributed by atoms with Crippen LogP contribution in [0.25, 0.3) is 0 Å². The predicted molar refractivity (Wildman–Crippen MR) is 249 cm³/mol. The second-order valence-electron chi connectivity index (χ2n) is 24.0. The Bertz CT molecular complexity index is 1270. The van der Waals surface area contributed by atoms with E-state index in [2.05, 4.69) is 229 Å². The third kappa shape index (κ3) is 14.4. The van der Waals surface area contributed by atoms with Gasteiger partial charge in [-0.15, -0.1) is 0 Å². The summed E-state index contributed by atoms with van der Waals surface area (Å²) in [4.78, 5) is 0. The molecule has 0 atom stereocenters. The van der Waals surface area contributed by atoms with Crippen molar-refractivity contribution < 1.29 is 0 Å². The van der Waals surface area contributed by atoms with Crippen LogP contribution in [0.1, 0.15) is 221 Å². The molecule has 0 nitrogen and oxygen atoms in total. The van der Waals surface area contributed by atoms with Crippen LogP contribution in [-0.4, -0.2) is 0 Å². The minimum Gasteiger partial charge on any atom is -0.0623 e. The Labute approximate surface area is 342 Å². The highest BCUT2D eigenvalue weighted by Gasteiger charge is 2.36. The summed E-state index contributed by atoms with van der Waals surface area (Å²) >= 11 is 0. The van der Waals surface area contributed by atoms with E-state index < -0.39 is 0 Å². The van der Waals surface area contributed by atoms with E-state index in [0.717, 1.165) is 11.8 Å². The number of hydrogen-bond donors (Lipinski definition) is 0. The van der Waals surface area contributed by atoms with Crippen LogP contribution in [0, 0.1) is 58.7 Å². The topological polar surface area (TPSA) is 0 Å². The van der Waals surface area contributed by atoms with Crippen LogP contribution in [0.15, 0.2) is 42.5 Å². The van der Waals surface area contributed by atoms with Gasteiger partial charge in [0.05, 0.1) is 0 Å². The van der Waals surface area contributed by atoms with E-state index in [1.54, 1.807) is 0 Å². The van der Waals surface area contributed by atoms with Gasteiger partial charge in [-0.25, -0.2) is 0 Å². The molecule has 0 fully saturated rings. The second-order valence-corrected chi connectivity index (χ2v) is 24.0. The molecule has 2 aromatic carbocycles. The molecular formula is C54H98. The van der Waals surface area contributed by atoms with Crippen molar-refractivity contribution in [2.24, 2.45) is 51.8 Å². The summed E-state index contributed by atoms with van der Waals surface area (Å²) in [6.45, 7) is 63.4. The minimum absolute atomic E-state index is 0.230. The number of hydrogen-bond acceptors (Lipinski definition) is 0. The van der Waals surface area contributed by atoms with Crippen molar-refractivity contribution in [3.8, 4) is 0 Å². The molecule has 2 aromatic rings. The Balaban J connectivity index is 0.000000782. The standard InChI is InChI=1S/C19H32.C18H30.C17H36/c1-13(2)18(6,7)16-10-15(5)11-17(12-16)19(8,9)14(3)4;1-13(2)17(5,6)15-9-11-16(12-10-15)18(7,8)14(3)4;1-13(2)16(7,8)11-15(5,6)12-17(9,10)14(3)4/h10-14H,1-9H3;9-14H,1-8H3;13-14H,11-12H2,1-10H3. The summed E-state index contributed by atoms with van der Waals surface area (Å²) in [5, 5.41) is 0.